The fourth-order valence-corrected chi connectivity index (χ4v) is 9.48. The Bertz CT molecular complexity index is 1190. The second-order valence-electron chi connectivity index (χ2n) is 11.7. The van der Waals surface area contributed by atoms with E-state index in [9.17, 15) is 0 Å². The number of para-hydroxylation sites is 1. The van der Waals surface area contributed by atoms with Gasteiger partial charge in [-0.1, -0.05) is 0 Å². The van der Waals surface area contributed by atoms with E-state index in [0.29, 0.717) is 11.8 Å². The zero-order valence-electron chi connectivity index (χ0n) is 24.0. The van der Waals surface area contributed by atoms with Crippen LogP contribution in [0.15, 0.2) is 84.9 Å². The molecule has 1 aliphatic carbocycles. The first-order chi connectivity index (χ1) is 18.9. The second-order valence-corrected chi connectivity index (χ2v) is 14.3. The standard InChI is InChI=1S/C34H43NO3Se/c1-24-20-21-28-30(22-24)38-33(35(34(28,2)3)23-25-14-8-6-9-15-25)32(39-26-16-10-7-11-17-26)31(37-5)27-18-12-13-19-29(27)36-4/h6-19,24,28,30-33H,20-23H2,1-5H3/t24-,28-,30-,31-,32-,33+/m1/s1. The molecule has 2 aliphatic rings. The molecule has 0 amide bonds. The Morgan fingerprint density at radius 2 is 1.59 bits per heavy atom. The Balaban J connectivity index is 1.62. The Labute approximate surface area is 241 Å². The Kier molecular flexibility index (Phi) is 9.16. The first-order valence-corrected chi connectivity index (χ1v) is 16.1. The molecule has 208 valence electrons. The van der Waals surface area contributed by atoms with Crippen molar-refractivity contribution in [2.24, 2.45) is 11.8 Å². The molecule has 2 fully saturated rings. The average Bonchev–Trinajstić information content (AvgIpc) is 2.95. The summed E-state index contributed by atoms with van der Waals surface area (Å²) in [5.41, 5.74) is 2.39. The first-order valence-electron chi connectivity index (χ1n) is 14.3. The van der Waals surface area contributed by atoms with E-state index in [-0.39, 0.29) is 43.7 Å². The summed E-state index contributed by atoms with van der Waals surface area (Å²) < 4.78 is 20.9. The van der Waals surface area contributed by atoms with Crippen LogP contribution in [-0.4, -0.2) is 51.9 Å². The second kappa shape index (κ2) is 12.6. The molecule has 3 aromatic carbocycles. The van der Waals surface area contributed by atoms with Gasteiger partial charge in [0, 0.05) is 0 Å². The Morgan fingerprint density at radius 1 is 0.923 bits per heavy atom. The molecular weight excluding hydrogens is 549 g/mol. The zero-order valence-corrected chi connectivity index (χ0v) is 25.7. The quantitative estimate of drug-likeness (QED) is 0.261. The SMILES string of the molecule is COc1ccccc1[C@@H](OC)[C@@H]([Se]c1ccccc1)[C@@H]1O[C@@H]2C[C@H](C)CC[C@H]2C(C)(C)N1Cc1ccccc1. The minimum absolute atomic E-state index is 0.0202. The van der Waals surface area contributed by atoms with E-state index < -0.39 is 0 Å². The topological polar surface area (TPSA) is 30.9 Å². The van der Waals surface area contributed by atoms with Crippen LogP contribution in [0.1, 0.15) is 57.3 Å². The predicted molar refractivity (Wildman–Crippen MR) is 160 cm³/mol. The van der Waals surface area contributed by atoms with Crippen LogP contribution in [0.2, 0.25) is 4.82 Å². The molecule has 39 heavy (non-hydrogen) atoms. The summed E-state index contributed by atoms with van der Waals surface area (Å²) in [5, 5.41) is 0. The molecule has 0 unspecified atom stereocenters. The molecule has 1 aliphatic heterocycles. The summed E-state index contributed by atoms with van der Waals surface area (Å²) in [6.45, 7) is 8.14. The summed E-state index contributed by atoms with van der Waals surface area (Å²) in [6, 6.07) is 30.1. The summed E-state index contributed by atoms with van der Waals surface area (Å²) >= 11 is 0.0889. The normalized spacial score (nSPS) is 26.4. The van der Waals surface area contributed by atoms with Crippen LogP contribution in [0.4, 0.5) is 0 Å². The van der Waals surface area contributed by atoms with Crippen LogP contribution >= 0.6 is 0 Å². The van der Waals surface area contributed by atoms with Crippen molar-refractivity contribution in [3.8, 4) is 5.75 Å². The first kappa shape index (κ1) is 28.4. The van der Waals surface area contributed by atoms with Crippen molar-refractivity contribution in [3.05, 3.63) is 96.1 Å². The fourth-order valence-electron chi connectivity index (χ4n) is 6.67. The van der Waals surface area contributed by atoms with Crippen molar-refractivity contribution in [1.82, 2.24) is 4.90 Å². The monoisotopic (exact) mass is 593 g/mol. The van der Waals surface area contributed by atoms with E-state index in [1.807, 2.05) is 19.2 Å². The number of rotatable bonds is 9. The van der Waals surface area contributed by atoms with Crippen molar-refractivity contribution in [2.75, 3.05) is 14.2 Å². The van der Waals surface area contributed by atoms with Gasteiger partial charge in [0.1, 0.15) is 0 Å². The van der Waals surface area contributed by atoms with Gasteiger partial charge in [-0.3, -0.25) is 0 Å². The fraction of sp³-hybridized carbons (Fsp3) is 0.471. The van der Waals surface area contributed by atoms with Crippen molar-refractivity contribution >= 4 is 19.4 Å². The van der Waals surface area contributed by atoms with Crippen LogP contribution in [0.25, 0.3) is 0 Å². The molecule has 1 saturated carbocycles. The third-order valence-corrected chi connectivity index (χ3v) is 11.5. The molecule has 0 radical (unpaired) electrons. The van der Waals surface area contributed by atoms with E-state index in [2.05, 4.69) is 98.5 Å². The van der Waals surface area contributed by atoms with Crippen LogP contribution < -0.4 is 9.20 Å². The number of nitrogens with zero attached hydrogens (tertiary/aromatic N) is 1. The van der Waals surface area contributed by atoms with Gasteiger partial charge >= 0.3 is 242 Å². The Hall–Kier alpha value is -2.14. The average molecular weight is 593 g/mol. The van der Waals surface area contributed by atoms with Crippen molar-refractivity contribution < 1.29 is 14.2 Å². The van der Waals surface area contributed by atoms with Crippen molar-refractivity contribution in [1.29, 1.82) is 0 Å². The maximum absolute atomic E-state index is 7.31. The molecule has 0 spiro atoms. The number of ether oxygens (including phenoxy) is 3. The maximum atomic E-state index is 7.31. The third-order valence-electron chi connectivity index (χ3n) is 8.81. The number of hydrogen-bond acceptors (Lipinski definition) is 4. The summed E-state index contributed by atoms with van der Waals surface area (Å²) in [4.78, 5) is 2.78. The molecular formula is C34H43NO3Se. The molecule has 1 saturated heterocycles. The molecule has 0 aromatic heterocycles. The van der Waals surface area contributed by atoms with Crippen LogP contribution in [0.5, 0.6) is 5.75 Å². The molecule has 1 heterocycles. The van der Waals surface area contributed by atoms with Gasteiger partial charge in [-0.05, 0) is 0 Å². The molecule has 4 nitrogen and oxygen atoms in total. The van der Waals surface area contributed by atoms with Crippen LogP contribution in [0, 0.1) is 11.8 Å². The summed E-state index contributed by atoms with van der Waals surface area (Å²) in [5.74, 6) is 2.06. The van der Waals surface area contributed by atoms with Crippen LogP contribution in [-0.2, 0) is 16.0 Å². The zero-order chi connectivity index (χ0) is 27.4. The van der Waals surface area contributed by atoms with Gasteiger partial charge in [0.05, 0.1) is 0 Å². The molecule has 5 rings (SSSR count). The molecule has 6 atom stereocenters. The minimum atomic E-state index is -0.169. The van der Waals surface area contributed by atoms with Crippen molar-refractivity contribution in [2.45, 2.75) is 75.4 Å². The molecule has 5 heteroatoms. The van der Waals surface area contributed by atoms with E-state index in [4.69, 9.17) is 14.2 Å². The Morgan fingerprint density at radius 3 is 2.28 bits per heavy atom. The van der Waals surface area contributed by atoms with E-state index in [1.54, 1.807) is 7.11 Å². The number of benzene rings is 3. The summed E-state index contributed by atoms with van der Waals surface area (Å²) in [7, 11) is 3.59. The number of fused-ring (bicyclic) bond motifs is 1. The molecule has 3 aromatic rings. The summed E-state index contributed by atoms with van der Waals surface area (Å²) in [6.07, 6.45) is 3.61. The van der Waals surface area contributed by atoms with Crippen LogP contribution in [0.3, 0.4) is 0 Å². The molecule has 0 bridgehead atoms. The third kappa shape index (κ3) is 6.14. The van der Waals surface area contributed by atoms with Gasteiger partial charge in [0.25, 0.3) is 0 Å². The molecule has 0 N–H and O–H groups in total. The van der Waals surface area contributed by atoms with Gasteiger partial charge in [0.2, 0.25) is 0 Å². The van der Waals surface area contributed by atoms with Gasteiger partial charge in [-0.15, -0.1) is 0 Å². The van der Waals surface area contributed by atoms with Gasteiger partial charge < -0.3 is 0 Å². The van der Waals surface area contributed by atoms with Crippen molar-refractivity contribution in [3.63, 3.8) is 0 Å². The van der Waals surface area contributed by atoms with Gasteiger partial charge in [0.15, 0.2) is 0 Å². The van der Waals surface area contributed by atoms with Gasteiger partial charge in [-0.2, -0.15) is 0 Å². The van der Waals surface area contributed by atoms with E-state index >= 15 is 0 Å². The van der Waals surface area contributed by atoms with E-state index in [0.717, 1.165) is 24.3 Å². The van der Waals surface area contributed by atoms with Gasteiger partial charge in [-0.25, -0.2) is 0 Å². The van der Waals surface area contributed by atoms with E-state index in [1.165, 1.54) is 22.9 Å². The predicted octanol–water partition coefficient (Wildman–Crippen LogP) is 6.64. The number of methoxy groups -OCH3 is 2. The number of hydrogen-bond donors (Lipinski definition) is 0.